The summed E-state index contributed by atoms with van der Waals surface area (Å²) in [4.78, 5) is 13.0. The van der Waals surface area contributed by atoms with Crippen LogP contribution < -0.4 is 16.0 Å². The normalized spacial score (nSPS) is 16.0. The minimum Gasteiger partial charge on any atom is -0.444 e. The fourth-order valence-electron chi connectivity index (χ4n) is 3.82. The first-order chi connectivity index (χ1) is 14.3. The van der Waals surface area contributed by atoms with Crippen molar-refractivity contribution in [3.05, 3.63) is 35.9 Å². The average Bonchev–Trinajstić information content (AvgIpc) is 2.71. The highest BCUT2D eigenvalue weighted by atomic mass is 32.1. The maximum atomic E-state index is 12.3. The fourth-order valence-corrected chi connectivity index (χ4v) is 4.10. The minimum absolute atomic E-state index is 0.189. The molecule has 1 amide bonds. The van der Waals surface area contributed by atoms with Gasteiger partial charge in [0.2, 0.25) is 0 Å². The first kappa shape index (κ1) is 24.6. The maximum Gasteiger partial charge on any atom is 0.408 e. The summed E-state index contributed by atoms with van der Waals surface area (Å²) in [5.74, 6) is 0.747. The molecule has 1 saturated carbocycles. The molecule has 5 nitrogen and oxygen atoms in total. The van der Waals surface area contributed by atoms with Gasteiger partial charge in [0.25, 0.3) is 0 Å². The average molecular weight is 434 g/mol. The van der Waals surface area contributed by atoms with Gasteiger partial charge in [0, 0.05) is 19.6 Å². The van der Waals surface area contributed by atoms with Crippen LogP contribution in [0.15, 0.2) is 30.3 Å². The van der Waals surface area contributed by atoms with E-state index in [1.54, 1.807) is 0 Å². The molecule has 1 aromatic carbocycles. The Kier molecular flexibility index (Phi) is 10.6. The molecule has 6 heteroatoms. The third-order valence-electron chi connectivity index (χ3n) is 5.37. The van der Waals surface area contributed by atoms with Gasteiger partial charge in [-0.15, -0.1) is 0 Å². The van der Waals surface area contributed by atoms with Crippen LogP contribution in [-0.4, -0.2) is 35.8 Å². The molecule has 168 valence electrons. The highest BCUT2D eigenvalue weighted by Crippen LogP contribution is 2.27. The fraction of sp³-hybridized carbons (Fsp3) is 0.667. The second-order valence-corrected chi connectivity index (χ2v) is 9.67. The molecule has 0 saturated heterocycles. The lowest BCUT2D eigenvalue weighted by Gasteiger charge is -2.27. The van der Waals surface area contributed by atoms with Crippen molar-refractivity contribution in [3.63, 3.8) is 0 Å². The van der Waals surface area contributed by atoms with Crippen molar-refractivity contribution in [2.24, 2.45) is 5.92 Å². The van der Waals surface area contributed by atoms with Crippen molar-refractivity contribution >= 4 is 23.3 Å². The molecule has 3 N–H and O–H groups in total. The number of amides is 1. The van der Waals surface area contributed by atoms with Crippen molar-refractivity contribution in [2.45, 2.75) is 83.9 Å². The van der Waals surface area contributed by atoms with Crippen molar-refractivity contribution in [2.75, 3.05) is 13.1 Å². The molecule has 0 aliphatic heterocycles. The molecular weight excluding hydrogens is 394 g/mol. The predicted octanol–water partition coefficient (Wildman–Crippen LogP) is 4.95. The standard InChI is InChI=1S/C24H39N3O2S/c1-24(2,3)29-23(28)27-21(15-14-19-10-6-4-7-11-19)22(30)26-17-16-25-18-20-12-8-5-9-13-20/h5,8-9,12-13,19,21,25H,4,6-7,10-11,14-18H2,1-3H3,(H,26,30)(H,27,28)/t21-/m1/s1. The molecule has 0 unspecified atom stereocenters. The molecule has 30 heavy (non-hydrogen) atoms. The van der Waals surface area contributed by atoms with Gasteiger partial charge < -0.3 is 20.7 Å². The third-order valence-corrected chi connectivity index (χ3v) is 5.80. The van der Waals surface area contributed by atoms with Crippen molar-refractivity contribution in [3.8, 4) is 0 Å². The van der Waals surface area contributed by atoms with E-state index in [0.717, 1.165) is 38.4 Å². The highest BCUT2D eigenvalue weighted by molar-refractivity contribution is 7.80. The Morgan fingerprint density at radius 3 is 2.50 bits per heavy atom. The van der Waals surface area contributed by atoms with Gasteiger partial charge in [0.1, 0.15) is 5.60 Å². The van der Waals surface area contributed by atoms with E-state index in [0.29, 0.717) is 4.99 Å². The number of hydrogen-bond acceptors (Lipinski definition) is 4. The summed E-state index contributed by atoms with van der Waals surface area (Å²) in [6, 6.07) is 10.1. The summed E-state index contributed by atoms with van der Waals surface area (Å²) in [5.41, 5.74) is 0.742. The lowest BCUT2D eigenvalue weighted by atomic mass is 9.85. The minimum atomic E-state index is -0.519. The van der Waals surface area contributed by atoms with Gasteiger partial charge in [-0.3, -0.25) is 0 Å². The van der Waals surface area contributed by atoms with Gasteiger partial charge in [0.05, 0.1) is 11.0 Å². The van der Waals surface area contributed by atoms with Crippen LogP contribution in [-0.2, 0) is 11.3 Å². The van der Waals surface area contributed by atoms with E-state index in [1.807, 2.05) is 39.0 Å². The number of carbonyl (C=O) groups excluding carboxylic acids is 1. The molecule has 1 aromatic rings. The highest BCUT2D eigenvalue weighted by Gasteiger charge is 2.23. The second-order valence-electron chi connectivity index (χ2n) is 9.23. The Morgan fingerprint density at radius 1 is 1.13 bits per heavy atom. The summed E-state index contributed by atoms with van der Waals surface area (Å²) >= 11 is 5.64. The van der Waals surface area contributed by atoms with E-state index in [1.165, 1.54) is 37.7 Å². The number of ether oxygens (including phenoxy) is 1. The monoisotopic (exact) mass is 433 g/mol. The van der Waals surface area contributed by atoms with Gasteiger partial charge in [-0.1, -0.05) is 74.7 Å². The SMILES string of the molecule is CC(C)(C)OC(=O)N[C@H](CCC1CCCCC1)C(=S)NCCNCc1ccccc1. The smallest absolute Gasteiger partial charge is 0.408 e. The molecule has 1 atom stereocenters. The summed E-state index contributed by atoms with van der Waals surface area (Å²) in [6.07, 6.45) is 8.14. The largest absolute Gasteiger partial charge is 0.444 e. The van der Waals surface area contributed by atoms with E-state index in [-0.39, 0.29) is 6.04 Å². The van der Waals surface area contributed by atoms with E-state index in [9.17, 15) is 4.79 Å². The van der Waals surface area contributed by atoms with Gasteiger partial charge in [-0.05, 0) is 45.1 Å². The molecule has 0 radical (unpaired) electrons. The van der Waals surface area contributed by atoms with Crippen LogP contribution >= 0.6 is 12.2 Å². The van der Waals surface area contributed by atoms with E-state index in [2.05, 4.69) is 28.1 Å². The summed E-state index contributed by atoms with van der Waals surface area (Å²) in [5, 5.41) is 9.74. The summed E-state index contributed by atoms with van der Waals surface area (Å²) in [7, 11) is 0. The lowest BCUT2D eigenvalue weighted by Crippen LogP contribution is -2.48. The van der Waals surface area contributed by atoms with Crippen LogP contribution in [0.3, 0.4) is 0 Å². The number of nitrogens with one attached hydrogen (secondary N) is 3. The predicted molar refractivity (Wildman–Crippen MR) is 128 cm³/mol. The Hall–Kier alpha value is -1.66. The van der Waals surface area contributed by atoms with Crippen LogP contribution in [0.5, 0.6) is 0 Å². The van der Waals surface area contributed by atoms with Gasteiger partial charge in [0.15, 0.2) is 0 Å². The molecule has 0 spiro atoms. The number of benzene rings is 1. The Bertz CT molecular complexity index is 640. The number of carbonyl (C=O) groups is 1. The number of alkyl carbamates (subject to hydrolysis) is 1. The van der Waals surface area contributed by atoms with Crippen molar-refractivity contribution < 1.29 is 9.53 Å². The summed E-state index contributed by atoms with van der Waals surface area (Å²) < 4.78 is 5.45. The van der Waals surface area contributed by atoms with Crippen LogP contribution in [0.1, 0.15) is 71.3 Å². The lowest BCUT2D eigenvalue weighted by molar-refractivity contribution is 0.0514. The number of rotatable bonds is 10. The quantitative estimate of drug-likeness (QED) is 0.360. The molecule has 0 heterocycles. The van der Waals surface area contributed by atoms with Gasteiger partial charge >= 0.3 is 6.09 Å². The van der Waals surface area contributed by atoms with Gasteiger partial charge in [-0.25, -0.2) is 4.79 Å². The zero-order valence-corrected chi connectivity index (χ0v) is 19.7. The molecule has 1 aliphatic carbocycles. The number of thiocarbonyl (C=S) groups is 1. The van der Waals surface area contributed by atoms with Crippen molar-refractivity contribution in [1.82, 2.24) is 16.0 Å². The molecule has 1 aliphatic rings. The molecular formula is C24H39N3O2S. The molecule has 0 aromatic heterocycles. The molecule has 0 bridgehead atoms. The van der Waals surface area contributed by atoms with E-state index in [4.69, 9.17) is 17.0 Å². The Balaban J connectivity index is 1.78. The number of hydrogen-bond donors (Lipinski definition) is 3. The van der Waals surface area contributed by atoms with E-state index < -0.39 is 11.7 Å². The molecule has 1 fully saturated rings. The second kappa shape index (κ2) is 12.9. The first-order valence-corrected chi connectivity index (χ1v) is 11.8. The Labute approximate surface area is 187 Å². The first-order valence-electron chi connectivity index (χ1n) is 11.4. The van der Waals surface area contributed by atoms with Crippen LogP contribution in [0.25, 0.3) is 0 Å². The van der Waals surface area contributed by atoms with E-state index >= 15 is 0 Å². The van der Waals surface area contributed by atoms with Crippen LogP contribution in [0, 0.1) is 5.92 Å². The van der Waals surface area contributed by atoms with Crippen LogP contribution in [0.4, 0.5) is 4.79 Å². The Morgan fingerprint density at radius 2 is 1.83 bits per heavy atom. The van der Waals surface area contributed by atoms with Crippen molar-refractivity contribution in [1.29, 1.82) is 0 Å². The van der Waals surface area contributed by atoms with Crippen LogP contribution in [0.2, 0.25) is 0 Å². The molecule has 2 rings (SSSR count). The zero-order valence-electron chi connectivity index (χ0n) is 18.8. The maximum absolute atomic E-state index is 12.3. The summed E-state index contributed by atoms with van der Waals surface area (Å²) in [6.45, 7) is 7.98. The topological polar surface area (TPSA) is 62.4 Å². The third kappa shape index (κ3) is 10.4. The van der Waals surface area contributed by atoms with Gasteiger partial charge in [-0.2, -0.15) is 0 Å². The zero-order chi connectivity index (χ0) is 21.8.